The third kappa shape index (κ3) is 17.3. The fraction of sp³-hybridized carbons (Fsp3) is 0.333. The van der Waals surface area contributed by atoms with Crippen LogP contribution < -0.4 is 16.4 Å². The minimum atomic E-state index is -3.23. The van der Waals surface area contributed by atoms with Crippen LogP contribution >= 0.6 is 68.8 Å². The third-order valence-electron chi connectivity index (χ3n) is 15.2. The summed E-state index contributed by atoms with van der Waals surface area (Å²) in [6, 6.07) is 7.47. The number of alkyl halides is 6. The van der Waals surface area contributed by atoms with Crippen molar-refractivity contribution in [1.82, 2.24) is 40.3 Å². The number of esters is 3. The van der Waals surface area contributed by atoms with Gasteiger partial charge in [-0.15, -0.1) is 34.0 Å². The van der Waals surface area contributed by atoms with Gasteiger partial charge in [0, 0.05) is 129 Å². The number of benzene rings is 3. The van der Waals surface area contributed by atoms with Crippen molar-refractivity contribution >= 4 is 122 Å². The molecule has 0 aliphatic carbocycles. The maximum absolute atomic E-state index is 13.7. The first-order valence-corrected chi connectivity index (χ1v) is 33.7. The number of hydrogen-bond acceptors (Lipinski definition) is 22. The molecular weight excluding hydrogens is 1460 g/mol. The summed E-state index contributed by atoms with van der Waals surface area (Å²) in [5.74, 6) is -6.79. The summed E-state index contributed by atoms with van der Waals surface area (Å²) in [4.78, 5) is 104. The molecule has 3 saturated heterocycles. The second-order valence-corrected chi connectivity index (χ2v) is 25.6. The predicted octanol–water partition coefficient (Wildman–Crippen LogP) is 11.0. The van der Waals surface area contributed by atoms with E-state index < -0.39 is 103 Å². The topological polar surface area (TPSA) is 286 Å². The van der Waals surface area contributed by atoms with Crippen molar-refractivity contribution in [1.29, 1.82) is 0 Å². The van der Waals surface area contributed by atoms with Crippen molar-refractivity contribution in [2.75, 3.05) is 39.5 Å². The van der Waals surface area contributed by atoms with E-state index in [1.54, 1.807) is 66.0 Å². The summed E-state index contributed by atoms with van der Waals surface area (Å²) >= 11 is 23.0. The molecule has 0 spiro atoms. The largest absolute Gasteiger partial charge is 0.477 e. The SMILES string of the molecule is CCOC(=O)C1=C2C[C@H](N)CN2C(c2nccs2)=NC1c1ccc(F)cc1Cl.CCOC(=O)C1=C2C[C@H](NC(=O)C(F)F)CN2C(c2nccs2)=NC1c1ccc(F)cc1Cl.CCOC(=O)C1=C2C[C@H](NC(=O)C(F)F)CN2C(c2nccs2)=NC1c1ccc(F)cc1Cl.O=C(O)C(F)F. The highest BCUT2D eigenvalue weighted by molar-refractivity contribution is 7.12. The Bertz CT molecular complexity index is 4070. The maximum atomic E-state index is 13.7. The van der Waals surface area contributed by atoms with Gasteiger partial charge in [-0.05, 0) is 57.2 Å². The Balaban J connectivity index is 0.000000168. The first-order chi connectivity index (χ1) is 47.7. The Kier molecular flexibility index (Phi) is 25.3. The normalized spacial score (nSPS) is 19.8. The molecule has 3 aromatic carbocycles. The molecule has 530 valence electrons. The molecule has 22 nitrogen and oxygen atoms in total. The number of hydrogen-bond donors (Lipinski definition) is 4. The van der Waals surface area contributed by atoms with Crippen molar-refractivity contribution < 1.29 is 87.6 Å². The molecule has 5 N–H and O–H groups in total. The molecular formula is C63H56Cl3F9N12O10S3. The van der Waals surface area contributed by atoms with E-state index in [1.165, 1.54) is 70.4 Å². The minimum Gasteiger partial charge on any atom is -0.477 e. The standard InChI is InChI=1S/2C21H18ClF3N4O3S.C19H18ClFN4O2S.C2H2F2O2/c2*1-2-32-21(31)15-14-8-11(27-19(30)17(24)25)9-29(14)18(20-26-5-6-33-20)28-16(15)12-4-3-10(23)7-13(12)22;1-2-27-19(26)15-14-8-11(22)9-25(14)17(18-23-5-6-28-18)24-16(15)12-4-3-10(21)7-13(12)20;3-1(4)2(5)6/h2*3-7,11,16-17H,2,8-9H2,1H3,(H,27,30);3-7,11,16H,2,8-9,22H2,1H3;1H,(H,5,6)/t3*11-,16?;/m000./s1. The lowest BCUT2D eigenvalue weighted by Crippen LogP contribution is -2.41. The smallest absolute Gasteiger partial charge is 0.371 e. The van der Waals surface area contributed by atoms with E-state index in [2.05, 4.69) is 25.6 Å². The van der Waals surface area contributed by atoms with Crippen LogP contribution in [0.15, 0.2) is 138 Å². The van der Waals surface area contributed by atoms with Crippen LogP contribution in [-0.4, -0.2) is 165 Å². The van der Waals surface area contributed by atoms with E-state index in [9.17, 15) is 63.5 Å². The third-order valence-corrected chi connectivity index (χ3v) is 18.5. The maximum Gasteiger partial charge on any atom is 0.371 e. The quantitative estimate of drug-likeness (QED) is 0.0375. The summed E-state index contributed by atoms with van der Waals surface area (Å²) in [7, 11) is 0. The molecule has 3 fully saturated rings. The van der Waals surface area contributed by atoms with Gasteiger partial charge in [0.2, 0.25) is 0 Å². The van der Waals surface area contributed by atoms with Crippen LogP contribution in [0.25, 0.3) is 0 Å². The number of amides is 2. The first-order valence-electron chi connectivity index (χ1n) is 30.0. The molecule has 6 aliphatic rings. The number of carboxylic acid groups (broad SMARTS) is 1. The van der Waals surface area contributed by atoms with Crippen LogP contribution in [0.2, 0.25) is 15.1 Å². The average Bonchev–Trinajstić information content (AvgIpc) is 1.52. The minimum absolute atomic E-state index is 0.0682. The molecule has 6 aromatic rings. The molecule has 37 heteroatoms. The fourth-order valence-electron chi connectivity index (χ4n) is 11.3. The lowest BCUT2D eigenvalue weighted by atomic mass is 9.94. The molecule has 9 heterocycles. The number of thiazole rings is 3. The van der Waals surface area contributed by atoms with Gasteiger partial charge in [0.1, 0.15) is 35.6 Å². The number of nitrogens with one attached hydrogen (secondary N) is 2. The van der Waals surface area contributed by atoms with Gasteiger partial charge in [0.05, 0.1) is 48.6 Å². The van der Waals surface area contributed by atoms with E-state index in [-0.39, 0.29) is 78.0 Å². The molecule has 3 unspecified atom stereocenters. The summed E-state index contributed by atoms with van der Waals surface area (Å²) in [5, 5.41) is 19.3. The van der Waals surface area contributed by atoms with Gasteiger partial charge in [0.25, 0.3) is 11.8 Å². The molecule has 6 atom stereocenters. The first kappa shape index (κ1) is 75.4. The van der Waals surface area contributed by atoms with Crippen molar-refractivity contribution in [3.05, 3.63) is 187 Å². The van der Waals surface area contributed by atoms with E-state index in [0.717, 1.165) is 22.8 Å². The molecule has 6 aliphatic heterocycles. The van der Waals surface area contributed by atoms with Gasteiger partial charge in [-0.3, -0.25) is 24.6 Å². The molecule has 0 saturated carbocycles. The number of nitrogens with zero attached hydrogens (tertiary/aromatic N) is 9. The molecule has 2 amide bonds. The average molecular weight is 1510 g/mol. The van der Waals surface area contributed by atoms with Gasteiger partial charge in [-0.1, -0.05) is 53.0 Å². The summed E-state index contributed by atoms with van der Waals surface area (Å²) in [5.41, 5.74) is 9.87. The summed E-state index contributed by atoms with van der Waals surface area (Å²) < 4.78 is 129. The highest BCUT2D eigenvalue weighted by Gasteiger charge is 2.47. The number of carbonyl (C=O) groups is 6. The highest BCUT2D eigenvalue weighted by Crippen LogP contribution is 2.46. The predicted molar refractivity (Wildman–Crippen MR) is 351 cm³/mol. The number of halogens is 12. The number of ether oxygens (including phenoxy) is 3. The lowest BCUT2D eigenvalue weighted by Gasteiger charge is -2.31. The fourth-order valence-corrected chi connectivity index (χ4v) is 14.0. The number of fused-ring (bicyclic) bond motifs is 3. The van der Waals surface area contributed by atoms with Gasteiger partial charge < -0.3 is 50.4 Å². The van der Waals surface area contributed by atoms with Crippen LogP contribution in [0.4, 0.5) is 39.5 Å². The zero-order valence-electron chi connectivity index (χ0n) is 52.2. The van der Waals surface area contributed by atoms with Gasteiger partial charge in [0.15, 0.2) is 32.5 Å². The number of aliphatic carboxylic acids is 1. The number of rotatable bonds is 17. The van der Waals surface area contributed by atoms with E-state index in [1.807, 2.05) is 10.3 Å². The lowest BCUT2D eigenvalue weighted by molar-refractivity contribution is -0.149. The number of carboxylic acids is 1. The van der Waals surface area contributed by atoms with Gasteiger partial charge in [-0.25, -0.2) is 47.3 Å². The number of aliphatic imine (C=N–C) groups is 3. The molecule has 12 rings (SSSR count). The second-order valence-electron chi connectivity index (χ2n) is 21.7. The molecule has 100 heavy (non-hydrogen) atoms. The van der Waals surface area contributed by atoms with Crippen molar-refractivity contribution in [2.24, 2.45) is 20.7 Å². The number of carbonyl (C=O) groups excluding carboxylic acids is 5. The van der Waals surface area contributed by atoms with Crippen LogP contribution in [0.1, 0.15) is 89.9 Å². The Morgan fingerprint density at radius 3 is 1.08 bits per heavy atom. The Morgan fingerprint density at radius 1 is 0.520 bits per heavy atom. The Labute approximate surface area is 589 Å². The zero-order chi connectivity index (χ0) is 72.4. The van der Waals surface area contributed by atoms with Crippen LogP contribution in [0.3, 0.4) is 0 Å². The summed E-state index contributed by atoms with van der Waals surface area (Å²) in [6.45, 7) is 6.20. The number of amidine groups is 3. The van der Waals surface area contributed by atoms with Crippen LogP contribution in [-0.2, 0) is 43.0 Å². The molecule has 0 radical (unpaired) electrons. The molecule has 3 aromatic heterocycles. The number of nitrogens with two attached hydrogens (primary N) is 1. The van der Waals surface area contributed by atoms with Crippen LogP contribution in [0.5, 0.6) is 0 Å². The van der Waals surface area contributed by atoms with E-state index in [0.29, 0.717) is 74.1 Å². The van der Waals surface area contributed by atoms with Crippen molar-refractivity contribution in [3.8, 4) is 0 Å². The van der Waals surface area contributed by atoms with E-state index in [4.69, 9.17) is 79.6 Å². The monoisotopic (exact) mass is 1510 g/mol. The van der Waals surface area contributed by atoms with E-state index >= 15 is 0 Å². The second kappa shape index (κ2) is 33.6. The summed E-state index contributed by atoms with van der Waals surface area (Å²) in [6.07, 6.45) is -4.02. The number of aromatic nitrogens is 3. The van der Waals surface area contributed by atoms with Crippen molar-refractivity contribution in [2.45, 2.75) is 95.6 Å². The zero-order valence-corrected chi connectivity index (χ0v) is 56.9. The molecule has 0 bridgehead atoms. The Hall–Kier alpha value is -8.80. The van der Waals surface area contributed by atoms with Gasteiger partial charge in [-0.2, -0.15) is 26.3 Å². The van der Waals surface area contributed by atoms with Crippen molar-refractivity contribution in [3.63, 3.8) is 0 Å². The van der Waals surface area contributed by atoms with Gasteiger partial charge >= 0.3 is 43.2 Å². The Morgan fingerprint density at radius 2 is 0.820 bits per heavy atom. The van der Waals surface area contributed by atoms with Crippen LogP contribution in [0, 0.1) is 17.5 Å². The highest BCUT2D eigenvalue weighted by atomic mass is 35.5.